The van der Waals surface area contributed by atoms with Crippen molar-refractivity contribution in [2.45, 2.75) is 13.0 Å². The molecule has 2 aromatic carbocycles. The van der Waals surface area contributed by atoms with Crippen molar-refractivity contribution in [2.75, 3.05) is 0 Å². The molecular weight excluding hydrogens is 299 g/mol. The number of nitrogens with two attached hydrogens (primary N) is 1. The summed E-state index contributed by atoms with van der Waals surface area (Å²) >= 11 is 5.72. The van der Waals surface area contributed by atoms with Crippen molar-refractivity contribution in [1.82, 2.24) is 0 Å². The van der Waals surface area contributed by atoms with E-state index in [0.29, 0.717) is 5.56 Å². The quantitative estimate of drug-likeness (QED) is 0.678. The second-order valence-electron chi connectivity index (χ2n) is 4.42. The van der Waals surface area contributed by atoms with Crippen molar-refractivity contribution in [3.8, 4) is 11.5 Å². The van der Waals surface area contributed by atoms with Gasteiger partial charge in [0.1, 0.15) is 0 Å². The van der Waals surface area contributed by atoms with E-state index in [4.69, 9.17) is 22.1 Å². The van der Waals surface area contributed by atoms with Crippen LogP contribution in [0.1, 0.15) is 18.5 Å². The molecule has 0 heterocycles. The van der Waals surface area contributed by atoms with Crippen molar-refractivity contribution in [2.24, 2.45) is 5.73 Å². The number of hydrogen-bond acceptors (Lipinski definition) is 4. The molecule has 0 saturated carbocycles. The highest BCUT2D eigenvalue weighted by Crippen LogP contribution is 2.37. The van der Waals surface area contributed by atoms with E-state index in [0.717, 1.165) is 6.07 Å². The van der Waals surface area contributed by atoms with Crippen LogP contribution in [0.15, 0.2) is 36.4 Å². The van der Waals surface area contributed by atoms with Gasteiger partial charge in [-0.1, -0.05) is 23.7 Å². The summed E-state index contributed by atoms with van der Waals surface area (Å²) in [6.07, 6.45) is 0. The second-order valence-corrected chi connectivity index (χ2v) is 4.85. The zero-order valence-corrected chi connectivity index (χ0v) is 11.8. The Morgan fingerprint density at radius 1 is 1.38 bits per heavy atom. The number of para-hydroxylation sites is 1. The molecule has 0 radical (unpaired) electrons. The molecule has 1 atom stereocenters. The Bertz CT molecular complexity index is 692. The van der Waals surface area contributed by atoms with Crippen molar-refractivity contribution in [3.63, 3.8) is 0 Å². The summed E-state index contributed by atoms with van der Waals surface area (Å²) < 4.78 is 19.3. The van der Waals surface area contributed by atoms with Crippen molar-refractivity contribution in [3.05, 3.63) is 62.9 Å². The fourth-order valence-corrected chi connectivity index (χ4v) is 1.99. The smallest absolute Gasteiger partial charge is 0.313 e. The van der Waals surface area contributed by atoms with Gasteiger partial charge in [-0.25, -0.2) is 4.39 Å². The third-order valence-electron chi connectivity index (χ3n) is 2.82. The lowest BCUT2D eigenvalue weighted by atomic mass is 10.1. The first-order valence-electron chi connectivity index (χ1n) is 6.06. The van der Waals surface area contributed by atoms with E-state index in [2.05, 4.69) is 0 Å². The Morgan fingerprint density at radius 2 is 2.10 bits per heavy atom. The normalized spacial score (nSPS) is 12.0. The minimum Gasteiger partial charge on any atom is -0.447 e. The van der Waals surface area contributed by atoms with Crippen LogP contribution < -0.4 is 10.5 Å². The summed E-state index contributed by atoms with van der Waals surface area (Å²) in [6.45, 7) is 1.66. The van der Waals surface area contributed by atoms with Gasteiger partial charge in [0.15, 0.2) is 11.6 Å². The van der Waals surface area contributed by atoms with Gasteiger partial charge in [0.25, 0.3) is 0 Å². The fraction of sp³-hybridized carbons (Fsp3) is 0.143. The summed E-state index contributed by atoms with van der Waals surface area (Å²) in [7, 11) is 0. The standard InChI is InChI=1S/C14H12ClFN2O3/c1-8(17)10-3-2-4-11(16)14(10)21-13-6-5-9(15)7-12(13)18(19)20/h2-8H,17H2,1H3/t8-/m1/s1. The van der Waals surface area contributed by atoms with Crippen LogP contribution in [0.5, 0.6) is 11.5 Å². The van der Waals surface area contributed by atoms with Crippen molar-refractivity contribution >= 4 is 17.3 Å². The topological polar surface area (TPSA) is 78.4 Å². The van der Waals surface area contributed by atoms with Crippen molar-refractivity contribution in [1.29, 1.82) is 0 Å². The molecule has 2 aromatic rings. The molecule has 0 aliphatic rings. The van der Waals surface area contributed by atoms with E-state index < -0.39 is 16.8 Å². The third-order valence-corrected chi connectivity index (χ3v) is 3.05. The number of hydrogen-bond donors (Lipinski definition) is 1. The molecule has 0 spiro atoms. The molecule has 0 aliphatic heterocycles. The highest BCUT2D eigenvalue weighted by Gasteiger charge is 2.20. The molecular formula is C14H12ClFN2O3. The van der Waals surface area contributed by atoms with Gasteiger partial charge in [0.2, 0.25) is 5.75 Å². The van der Waals surface area contributed by atoms with Gasteiger partial charge >= 0.3 is 5.69 Å². The first-order chi connectivity index (χ1) is 9.90. The number of halogens is 2. The van der Waals surface area contributed by atoms with E-state index in [1.165, 1.54) is 24.3 Å². The SMILES string of the molecule is C[C@@H](N)c1cccc(F)c1Oc1ccc(Cl)cc1[N+](=O)[O-]. The maximum Gasteiger partial charge on any atom is 0.313 e. The minimum atomic E-state index is -0.645. The van der Waals surface area contributed by atoms with Crippen LogP contribution in [0.25, 0.3) is 0 Å². The van der Waals surface area contributed by atoms with Crippen LogP contribution in [0, 0.1) is 15.9 Å². The zero-order chi connectivity index (χ0) is 15.6. The molecule has 0 fully saturated rings. The average molecular weight is 311 g/mol. The van der Waals surface area contributed by atoms with Gasteiger partial charge in [0, 0.05) is 22.7 Å². The van der Waals surface area contributed by atoms with Crippen LogP contribution >= 0.6 is 11.6 Å². The molecule has 0 amide bonds. The van der Waals surface area contributed by atoms with E-state index in [1.54, 1.807) is 13.0 Å². The number of nitro benzene ring substituents is 1. The number of rotatable bonds is 4. The van der Waals surface area contributed by atoms with Crippen LogP contribution in [0.2, 0.25) is 5.02 Å². The molecule has 21 heavy (non-hydrogen) atoms. The highest BCUT2D eigenvalue weighted by molar-refractivity contribution is 6.30. The van der Waals surface area contributed by atoms with Crippen LogP contribution in [-0.4, -0.2) is 4.92 Å². The summed E-state index contributed by atoms with van der Waals surface area (Å²) in [4.78, 5) is 10.4. The average Bonchev–Trinajstić information content (AvgIpc) is 2.42. The predicted molar refractivity (Wildman–Crippen MR) is 77.2 cm³/mol. The molecule has 7 heteroatoms. The summed E-state index contributed by atoms with van der Waals surface area (Å²) in [5.74, 6) is -0.872. The zero-order valence-electron chi connectivity index (χ0n) is 11.0. The molecule has 0 unspecified atom stereocenters. The van der Waals surface area contributed by atoms with Crippen LogP contribution in [0.4, 0.5) is 10.1 Å². The first kappa shape index (κ1) is 15.2. The number of ether oxygens (including phenoxy) is 1. The summed E-state index contributed by atoms with van der Waals surface area (Å²) in [5.41, 5.74) is 5.83. The lowest BCUT2D eigenvalue weighted by molar-refractivity contribution is -0.385. The van der Waals surface area contributed by atoms with Crippen LogP contribution in [0.3, 0.4) is 0 Å². The maximum atomic E-state index is 13.9. The summed E-state index contributed by atoms with van der Waals surface area (Å²) in [5, 5.41) is 11.2. The van der Waals surface area contributed by atoms with E-state index in [1.807, 2.05) is 0 Å². The maximum absolute atomic E-state index is 13.9. The summed E-state index contributed by atoms with van der Waals surface area (Å²) in [6, 6.07) is 7.70. The van der Waals surface area contributed by atoms with Gasteiger partial charge in [-0.15, -0.1) is 0 Å². The van der Waals surface area contributed by atoms with Crippen LogP contribution in [-0.2, 0) is 0 Å². The van der Waals surface area contributed by atoms with E-state index in [-0.39, 0.29) is 22.2 Å². The van der Waals surface area contributed by atoms with E-state index in [9.17, 15) is 14.5 Å². The molecule has 0 aromatic heterocycles. The minimum absolute atomic E-state index is 0.101. The molecule has 2 N–H and O–H groups in total. The molecule has 110 valence electrons. The number of nitrogens with zero attached hydrogens (tertiary/aromatic N) is 1. The number of nitro groups is 1. The first-order valence-corrected chi connectivity index (χ1v) is 6.43. The van der Waals surface area contributed by atoms with Gasteiger partial charge in [-0.3, -0.25) is 10.1 Å². The molecule has 0 aliphatic carbocycles. The van der Waals surface area contributed by atoms with Gasteiger partial charge in [0.05, 0.1) is 4.92 Å². The molecule has 2 rings (SSSR count). The largest absolute Gasteiger partial charge is 0.447 e. The Kier molecular flexibility index (Phi) is 4.40. The second kappa shape index (κ2) is 6.07. The third kappa shape index (κ3) is 3.29. The van der Waals surface area contributed by atoms with Crippen molar-refractivity contribution < 1.29 is 14.1 Å². The Hall–Kier alpha value is -2.18. The Balaban J connectivity index is 2.51. The van der Waals surface area contributed by atoms with Gasteiger partial charge in [-0.2, -0.15) is 0 Å². The Labute approximate surface area is 125 Å². The molecule has 0 saturated heterocycles. The van der Waals surface area contributed by atoms with Gasteiger partial charge < -0.3 is 10.5 Å². The Morgan fingerprint density at radius 3 is 2.71 bits per heavy atom. The lowest BCUT2D eigenvalue weighted by Gasteiger charge is -2.14. The molecule has 5 nitrogen and oxygen atoms in total. The fourth-order valence-electron chi connectivity index (χ4n) is 1.82. The monoisotopic (exact) mass is 310 g/mol. The van der Waals surface area contributed by atoms with Gasteiger partial charge in [-0.05, 0) is 25.1 Å². The molecule has 0 bridgehead atoms. The lowest BCUT2D eigenvalue weighted by Crippen LogP contribution is -2.08. The van der Waals surface area contributed by atoms with E-state index >= 15 is 0 Å². The highest BCUT2D eigenvalue weighted by atomic mass is 35.5. The predicted octanol–water partition coefficient (Wildman–Crippen LogP) is 4.20. The number of benzene rings is 2.